The molecule has 0 aliphatic rings. The number of amides is 1. The third-order valence-electron chi connectivity index (χ3n) is 2.85. The number of halogens is 2. The van der Waals surface area contributed by atoms with E-state index < -0.39 is 0 Å². The number of aryl methyl sites for hydroxylation is 1. The highest BCUT2D eigenvalue weighted by Crippen LogP contribution is 2.27. The zero-order valence-corrected chi connectivity index (χ0v) is 13.2. The van der Waals surface area contributed by atoms with Gasteiger partial charge in [0.1, 0.15) is 5.75 Å². The molecule has 5 nitrogen and oxygen atoms in total. The second-order valence-electron chi connectivity index (χ2n) is 4.64. The van der Waals surface area contributed by atoms with Crippen LogP contribution in [0, 0.1) is 0 Å². The molecule has 112 valence electrons. The molecule has 1 amide bonds. The van der Waals surface area contributed by atoms with Gasteiger partial charge in [-0.3, -0.25) is 9.48 Å². The highest BCUT2D eigenvalue weighted by atomic mass is 35.5. The standard InChI is InChI=1S/C14H15Cl2N3O2/c1-18(7-10-6-17-19(2)8-10)14(20)9-21-13-5-11(15)3-4-12(13)16/h3-6,8H,7,9H2,1-2H3. The number of nitrogens with zero attached hydrogens (tertiary/aromatic N) is 3. The molecule has 0 saturated heterocycles. The van der Waals surface area contributed by atoms with Gasteiger partial charge in [-0.2, -0.15) is 5.10 Å². The van der Waals surface area contributed by atoms with Crippen molar-refractivity contribution in [3.8, 4) is 5.75 Å². The zero-order chi connectivity index (χ0) is 15.4. The molecule has 0 unspecified atom stereocenters. The molecule has 0 saturated carbocycles. The number of likely N-dealkylation sites (N-methyl/N-ethyl adjacent to an activating group) is 1. The lowest BCUT2D eigenvalue weighted by Gasteiger charge is -2.17. The monoisotopic (exact) mass is 327 g/mol. The third-order valence-corrected chi connectivity index (χ3v) is 3.40. The van der Waals surface area contributed by atoms with Gasteiger partial charge in [0.15, 0.2) is 6.61 Å². The Labute approximate surface area is 133 Å². The molecule has 1 aromatic carbocycles. The summed E-state index contributed by atoms with van der Waals surface area (Å²) in [6, 6.07) is 4.87. The van der Waals surface area contributed by atoms with Gasteiger partial charge in [-0.1, -0.05) is 23.2 Å². The SMILES string of the molecule is CN(Cc1cnn(C)c1)C(=O)COc1cc(Cl)ccc1Cl. The van der Waals surface area contributed by atoms with Crippen molar-refractivity contribution in [2.45, 2.75) is 6.54 Å². The van der Waals surface area contributed by atoms with Crippen molar-refractivity contribution in [3.63, 3.8) is 0 Å². The van der Waals surface area contributed by atoms with Crippen molar-refractivity contribution in [2.75, 3.05) is 13.7 Å². The second kappa shape index (κ2) is 6.83. The highest BCUT2D eigenvalue weighted by molar-refractivity contribution is 6.34. The summed E-state index contributed by atoms with van der Waals surface area (Å²) in [4.78, 5) is 13.6. The molecule has 7 heteroatoms. The van der Waals surface area contributed by atoms with Gasteiger partial charge in [-0.25, -0.2) is 0 Å². The lowest BCUT2D eigenvalue weighted by atomic mass is 10.3. The zero-order valence-electron chi connectivity index (χ0n) is 11.7. The van der Waals surface area contributed by atoms with Crippen LogP contribution in [0.4, 0.5) is 0 Å². The molecule has 0 aliphatic heterocycles. The third kappa shape index (κ3) is 4.37. The minimum atomic E-state index is -0.158. The maximum atomic E-state index is 12.0. The molecule has 2 rings (SSSR count). The molecule has 0 aliphatic carbocycles. The first-order valence-corrected chi connectivity index (χ1v) is 7.00. The summed E-state index contributed by atoms with van der Waals surface area (Å²) in [5.74, 6) is 0.238. The minimum Gasteiger partial charge on any atom is -0.482 e. The van der Waals surface area contributed by atoms with E-state index in [4.69, 9.17) is 27.9 Å². The van der Waals surface area contributed by atoms with Crippen LogP contribution in [-0.4, -0.2) is 34.2 Å². The Morgan fingerprint density at radius 3 is 2.86 bits per heavy atom. The van der Waals surface area contributed by atoms with Crippen molar-refractivity contribution in [1.29, 1.82) is 0 Å². The molecular formula is C14H15Cl2N3O2. The first-order valence-electron chi connectivity index (χ1n) is 6.25. The van der Waals surface area contributed by atoms with Crippen molar-refractivity contribution in [3.05, 3.63) is 46.2 Å². The molecule has 0 spiro atoms. The number of hydrogen-bond acceptors (Lipinski definition) is 3. The van der Waals surface area contributed by atoms with Crippen molar-refractivity contribution < 1.29 is 9.53 Å². The van der Waals surface area contributed by atoms with E-state index in [1.807, 2.05) is 13.2 Å². The number of ether oxygens (including phenoxy) is 1. The Balaban J connectivity index is 1.90. The van der Waals surface area contributed by atoms with Crippen LogP contribution in [0.1, 0.15) is 5.56 Å². The Bertz CT molecular complexity index is 643. The molecule has 1 heterocycles. The van der Waals surface area contributed by atoms with Gasteiger partial charge in [-0.05, 0) is 12.1 Å². The van der Waals surface area contributed by atoms with E-state index in [9.17, 15) is 4.79 Å². The van der Waals surface area contributed by atoms with Crippen LogP contribution in [0.3, 0.4) is 0 Å². The fraction of sp³-hybridized carbons (Fsp3) is 0.286. The second-order valence-corrected chi connectivity index (χ2v) is 5.48. The topological polar surface area (TPSA) is 47.4 Å². The minimum absolute atomic E-state index is 0.100. The molecular weight excluding hydrogens is 313 g/mol. The molecule has 0 bridgehead atoms. The van der Waals surface area contributed by atoms with Crippen molar-refractivity contribution in [2.24, 2.45) is 7.05 Å². The Kier molecular flexibility index (Phi) is 5.09. The first kappa shape index (κ1) is 15.7. The predicted octanol–water partition coefficient (Wildman–Crippen LogP) is 2.76. The van der Waals surface area contributed by atoms with Crippen LogP contribution in [0.15, 0.2) is 30.6 Å². The number of hydrogen-bond donors (Lipinski definition) is 0. The molecule has 0 atom stereocenters. The first-order chi connectivity index (χ1) is 9.95. The van der Waals surface area contributed by atoms with Crippen LogP contribution in [0.2, 0.25) is 10.0 Å². The van der Waals surface area contributed by atoms with E-state index in [1.165, 1.54) is 0 Å². The summed E-state index contributed by atoms with van der Waals surface area (Å²) in [6.45, 7) is 0.371. The van der Waals surface area contributed by atoms with E-state index in [-0.39, 0.29) is 12.5 Å². The van der Waals surface area contributed by atoms with Gasteiger partial charge in [0, 0.05) is 43.5 Å². The highest BCUT2D eigenvalue weighted by Gasteiger charge is 2.12. The molecule has 0 N–H and O–H groups in total. The molecule has 0 radical (unpaired) electrons. The number of benzene rings is 1. The number of rotatable bonds is 5. The van der Waals surface area contributed by atoms with Crippen LogP contribution < -0.4 is 4.74 Å². The fourth-order valence-electron chi connectivity index (χ4n) is 1.75. The van der Waals surface area contributed by atoms with E-state index >= 15 is 0 Å². The Morgan fingerprint density at radius 2 is 2.19 bits per heavy atom. The van der Waals surface area contributed by atoms with Crippen molar-refractivity contribution >= 4 is 29.1 Å². The van der Waals surface area contributed by atoms with Gasteiger partial charge >= 0.3 is 0 Å². The van der Waals surface area contributed by atoms with E-state index in [0.717, 1.165) is 5.56 Å². The van der Waals surface area contributed by atoms with Crippen LogP contribution >= 0.6 is 23.2 Å². The summed E-state index contributed by atoms with van der Waals surface area (Å²) in [5, 5.41) is 4.98. The molecule has 0 fully saturated rings. The number of carbonyl (C=O) groups excluding carboxylic acids is 1. The van der Waals surface area contributed by atoms with Gasteiger partial charge in [0.25, 0.3) is 5.91 Å². The van der Waals surface area contributed by atoms with Gasteiger partial charge in [-0.15, -0.1) is 0 Å². The molecule has 2 aromatic rings. The van der Waals surface area contributed by atoms with Crippen LogP contribution in [-0.2, 0) is 18.4 Å². The van der Waals surface area contributed by atoms with Gasteiger partial charge in [0.2, 0.25) is 0 Å². The normalized spacial score (nSPS) is 10.5. The summed E-state index contributed by atoms with van der Waals surface area (Å²) >= 11 is 11.8. The van der Waals surface area contributed by atoms with E-state index in [1.54, 1.807) is 41.0 Å². The predicted molar refractivity (Wildman–Crippen MR) is 81.6 cm³/mol. The van der Waals surface area contributed by atoms with E-state index in [2.05, 4.69) is 5.10 Å². The van der Waals surface area contributed by atoms with Crippen molar-refractivity contribution in [1.82, 2.24) is 14.7 Å². The summed E-state index contributed by atoms with van der Waals surface area (Å²) in [7, 11) is 3.54. The average Bonchev–Trinajstić information content (AvgIpc) is 2.84. The maximum Gasteiger partial charge on any atom is 0.260 e. The lowest BCUT2D eigenvalue weighted by Crippen LogP contribution is -2.30. The Morgan fingerprint density at radius 1 is 1.43 bits per heavy atom. The van der Waals surface area contributed by atoms with Crippen LogP contribution in [0.25, 0.3) is 0 Å². The van der Waals surface area contributed by atoms with E-state index in [0.29, 0.717) is 22.3 Å². The smallest absolute Gasteiger partial charge is 0.260 e. The number of carbonyl (C=O) groups is 1. The average molecular weight is 328 g/mol. The summed E-state index contributed by atoms with van der Waals surface area (Å²) in [6.07, 6.45) is 3.58. The number of aromatic nitrogens is 2. The summed E-state index contributed by atoms with van der Waals surface area (Å²) in [5.41, 5.74) is 0.953. The molecule has 21 heavy (non-hydrogen) atoms. The fourth-order valence-corrected chi connectivity index (χ4v) is 2.09. The van der Waals surface area contributed by atoms with Crippen LogP contribution in [0.5, 0.6) is 5.75 Å². The Hall–Kier alpha value is -1.72. The lowest BCUT2D eigenvalue weighted by molar-refractivity contribution is -0.132. The quantitative estimate of drug-likeness (QED) is 0.848. The summed E-state index contributed by atoms with van der Waals surface area (Å²) < 4.78 is 7.11. The van der Waals surface area contributed by atoms with Gasteiger partial charge in [0.05, 0.1) is 11.2 Å². The largest absolute Gasteiger partial charge is 0.482 e. The molecule has 1 aromatic heterocycles. The maximum absolute atomic E-state index is 12.0. The van der Waals surface area contributed by atoms with Gasteiger partial charge < -0.3 is 9.64 Å².